The normalized spacial score (nSPS) is 20.3. The number of nitrogens with zero attached hydrogens (tertiary/aromatic N) is 2. The Balaban J connectivity index is 1.33. The van der Waals surface area contributed by atoms with E-state index in [0.717, 1.165) is 37.4 Å². The maximum absolute atomic E-state index is 9.34. The predicted octanol–water partition coefficient (Wildman–Crippen LogP) is 4.31. The maximum Gasteiger partial charge on any atom is 0.101 e. The van der Waals surface area contributed by atoms with Gasteiger partial charge in [-0.3, -0.25) is 0 Å². The SMILES string of the molecule is N#Cc1ccccc1N1CCC(CNC2CCCNc3ccccc32)CC1. The summed E-state index contributed by atoms with van der Waals surface area (Å²) in [5.41, 5.74) is 4.58. The molecular weight excluding hydrogens is 332 g/mol. The van der Waals surface area contributed by atoms with Gasteiger partial charge in [0, 0.05) is 31.4 Å². The molecule has 1 unspecified atom stereocenters. The van der Waals surface area contributed by atoms with Crippen LogP contribution < -0.4 is 15.5 Å². The fourth-order valence-corrected chi connectivity index (χ4v) is 4.39. The van der Waals surface area contributed by atoms with Gasteiger partial charge in [-0.2, -0.15) is 5.26 Å². The number of hydrogen-bond acceptors (Lipinski definition) is 4. The van der Waals surface area contributed by atoms with Gasteiger partial charge in [0.15, 0.2) is 0 Å². The van der Waals surface area contributed by atoms with Crippen LogP contribution in [0, 0.1) is 17.2 Å². The average molecular weight is 361 g/mol. The van der Waals surface area contributed by atoms with Gasteiger partial charge in [0.1, 0.15) is 6.07 Å². The van der Waals surface area contributed by atoms with Crippen molar-refractivity contribution in [3.63, 3.8) is 0 Å². The Hall–Kier alpha value is -2.51. The van der Waals surface area contributed by atoms with E-state index in [0.29, 0.717) is 12.0 Å². The maximum atomic E-state index is 9.34. The molecule has 2 aliphatic rings. The van der Waals surface area contributed by atoms with Crippen LogP contribution in [0.5, 0.6) is 0 Å². The summed E-state index contributed by atoms with van der Waals surface area (Å²) in [4.78, 5) is 2.37. The van der Waals surface area contributed by atoms with Crippen molar-refractivity contribution < 1.29 is 0 Å². The molecule has 4 heteroatoms. The van der Waals surface area contributed by atoms with E-state index in [9.17, 15) is 5.26 Å². The van der Waals surface area contributed by atoms with E-state index >= 15 is 0 Å². The summed E-state index contributed by atoms with van der Waals surface area (Å²) in [7, 11) is 0. The molecule has 0 amide bonds. The number of piperidine rings is 1. The first-order valence-electron chi connectivity index (χ1n) is 10.2. The minimum absolute atomic E-state index is 0.452. The molecule has 1 atom stereocenters. The fraction of sp³-hybridized carbons (Fsp3) is 0.435. The molecule has 4 nitrogen and oxygen atoms in total. The number of benzene rings is 2. The molecule has 2 heterocycles. The summed E-state index contributed by atoms with van der Waals surface area (Å²) in [5.74, 6) is 0.707. The van der Waals surface area contributed by atoms with Crippen molar-refractivity contribution in [2.75, 3.05) is 36.4 Å². The molecule has 2 N–H and O–H groups in total. The first kappa shape index (κ1) is 17.9. The number of nitriles is 1. The summed E-state index contributed by atoms with van der Waals surface area (Å²) in [6.45, 7) is 4.21. The van der Waals surface area contributed by atoms with Crippen LogP contribution in [0.4, 0.5) is 11.4 Å². The van der Waals surface area contributed by atoms with Gasteiger partial charge >= 0.3 is 0 Å². The summed E-state index contributed by atoms with van der Waals surface area (Å²) < 4.78 is 0. The molecule has 2 aliphatic heterocycles. The molecule has 2 aromatic carbocycles. The number of para-hydroxylation sites is 2. The van der Waals surface area contributed by atoms with Gasteiger partial charge in [0.25, 0.3) is 0 Å². The van der Waals surface area contributed by atoms with Crippen molar-refractivity contribution in [3.05, 3.63) is 59.7 Å². The molecule has 0 radical (unpaired) electrons. The molecule has 1 saturated heterocycles. The molecule has 0 spiro atoms. The van der Waals surface area contributed by atoms with Gasteiger partial charge in [-0.05, 0) is 61.9 Å². The van der Waals surface area contributed by atoms with Gasteiger partial charge in [0.2, 0.25) is 0 Å². The van der Waals surface area contributed by atoms with Crippen molar-refractivity contribution in [1.82, 2.24) is 5.32 Å². The van der Waals surface area contributed by atoms with Crippen LogP contribution in [0.15, 0.2) is 48.5 Å². The highest BCUT2D eigenvalue weighted by Crippen LogP contribution is 2.30. The van der Waals surface area contributed by atoms with Crippen molar-refractivity contribution in [3.8, 4) is 6.07 Å². The summed E-state index contributed by atoms with van der Waals surface area (Å²) in [6.07, 6.45) is 4.76. The van der Waals surface area contributed by atoms with E-state index in [2.05, 4.69) is 51.9 Å². The first-order valence-corrected chi connectivity index (χ1v) is 10.2. The van der Waals surface area contributed by atoms with Crippen LogP contribution in [0.2, 0.25) is 0 Å². The van der Waals surface area contributed by atoms with Crippen molar-refractivity contribution in [1.29, 1.82) is 5.26 Å². The minimum atomic E-state index is 0.452. The van der Waals surface area contributed by atoms with E-state index in [-0.39, 0.29) is 0 Å². The van der Waals surface area contributed by atoms with Crippen LogP contribution in [0.25, 0.3) is 0 Å². The second-order valence-electron chi connectivity index (χ2n) is 7.68. The van der Waals surface area contributed by atoms with Gasteiger partial charge in [-0.25, -0.2) is 0 Å². The van der Waals surface area contributed by atoms with Gasteiger partial charge in [-0.1, -0.05) is 30.3 Å². The third-order valence-corrected chi connectivity index (χ3v) is 5.95. The number of fused-ring (bicyclic) bond motifs is 1. The van der Waals surface area contributed by atoms with Gasteiger partial charge in [0.05, 0.1) is 11.3 Å². The molecule has 0 saturated carbocycles. The number of hydrogen-bond donors (Lipinski definition) is 2. The molecule has 1 fully saturated rings. The average Bonchev–Trinajstić information content (AvgIpc) is 2.95. The molecule has 4 rings (SSSR count). The highest BCUT2D eigenvalue weighted by atomic mass is 15.1. The predicted molar refractivity (Wildman–Crippen MR) is 111 cm³/mol. The molecule has 2 aromatic rings. The Morgan fingerprint density at radius 1 is 1.04 bits per heavy atom. The van der Waals surface area contributed by atoms with Crippen LogP contribution in [0.1, 0.15) is 42.9 Å². The van der Waals surface area contributed by atoms with E-state index in [1.165, 1.54) is 36.9 Å². The van der Waals surface area contributed by atoms with Gasteiger partial charge < -0.3 is 15.5 Å². The monoisotopic (exact) mass is 360 g/mol. The Morgan fingerprint density at radius 2 is 1.81 bits per heavy atom. The summed E-state index contributed by atoms with van der Waals surface area (Å²) in [5, 5.41) is 16.7. The van der Waals surface area contributed by atoms with Gasteiger partial charge in [-0.15, -0.1) is 0 Å². The fourth-order valence-electron chi connectivity index (χ4n) is 4.39. The standard InChI is InChI=1S/C23H28N4/c24-16-19-6-1-4-10-23(19)27-14-11-18(12-15-27)17-26-22-9-5-13-25-21-8-3-2-7-20(21)22/h1-4,6-8,10,18,22,25-26H,5,9,11-15,17H2. The lowest BCUT2D eigenvalue weighted by Crippen LogP contribution is -2.38. The van der Waals surface area contributed by atoms with E-state index < -0.39 is 0 Å². The number of nitrogens with one attached hydrogen (secondary N) is 2. The van der Waals surface area contributed by atoms with Crippen LogP contribution in [-0.4, -0.2) is 26.2 Å². The summed E-state index contributed by atoms with van der Waals surface area (Å²) >= 11 is 0. The Morgan fingerprint density at radius 3 is 2.67 bits per heavy atom. The smallest absolute Gasteiger partial charge is 0.101 e. The molecule has 0 aliphatic carbocycles. The lowest BCUT2D eigenvalue weighted by atomic mass is 9.94. The Kier molecular flexibility index (Phi) is 5.60. The molecular formula is C23H28N4. The quantitative estimate of drug-likeness (QED) is 0.853. The second-order valence-corrected chi connectivity index (χ2v) is 7.68. The zero-order valence-corrected chi connectivity index (χ0v) is 15.8. The molecule has 0 aromatic heterocycles. The van der Waals surface area contributed by atoms with E-state index in [1.54, 1.807) is 0 Å². The number of anilines is 2. The number of rotatable bonds is 4. The Labute approximate surface area is 162 Å². The Bertz CT molecular complexity index is 802. The van der Waals surface area contributed by atoms with Crippen LogP contribution in [-0.2, 0) is 0 Å². The summed E-state index contributed by atoms with van der Waals surface area (Å²) in [6, 6.07) is 19.5. The molecule has 27 heavy (non-hydrogen) atoms. The second kappa shape index (κ2) is 8.45. The first-order chi connectivity index (χ1) is 13.3. The van der Waals surface area contributed by atoms with Crippen molar-refractivity contribution in [2.45, 2.75) is 31.7 Å². The highest BCUT2D eigenvalue weighted by Gasteiger charge is 2.23. The lowest BCUT2D eigenvalue weighted by molar-refractivity contribution is 0.356. The third kappa shape index (κ3) is 4.09. The molecule has 0 bridgehead atoms. The van der Waals surface area contributed by atoms with Crippen molar-refractivity contribution >= 4 is 11.4 Å². The topological polar surface area (TPSA) is 51.1 Å². The third-order valence-electron chi connectivity index (χ3n) is 5.95. The van der Waals surface area contributed by atoms with E-state index in [1.807, 2.05) is 18.2 Å². The van der Waals surface area contributed by atoms with Crippen LogP contribution in [0.3, 0.4) is 0 Å². The largest absolute Gasteiger partial charge is 0.385 e. The highest BCUT2D eigenvalue weighted by molar-refractivity contribution is 5.59. The zero-order chi connectivity index (χ0) is 18.5. The molecule has 140 valence electrons. The van der Waals surface area contributed by atoms with Crippen LogP contribution >= 0.6 is 0 Å². The lowest BCUT2D eigenvalue weighted by Gasteiger charge is -2.35. The minimum Gasteiger partial charge on any atom is -0.385 e. The zero-order valence-electron chi connectivity index (χ0n) is 15.8. The van der Waals surface area contributed by atoms with Crippen molar-refractivity contribution in [2.24, 2.45) is 5.92 Å². The van der Waals surface area contributed by atoms with E-state index in [4.69, 9.17) is 0 Å².